The summed E-state index contributed by atoms with van der Waals surface area (Å²) >= 11 is 12.1. The number of hydrogen-bond donors (Lipinski definition) is 1. The normalized spacial score (nSPS) is 17.9. The van der Waals surface area contributed by atoms with E-state index in [9.17, 15) is 14.7 Å². The molecular weight excluding hydrogens is 453 g/mol. The average molecular weight is 478 g/mol. The Labute approximate surface area is 197 Å². The van der Waals surface area contributed by atoms with Crippen molar-refractivity contribution in [2.24, 2.45) is 0 Å². The van der Waals surface area contributed by atoms with Crippen LogP contribution in [-0.2, 0) is 14.3 Å². The van der Waals surface area contributed by atoms with Crippen molar-refractivity contribution in [2.75, 3.05) is 19.8 Å². The van der Waals surface area contributed by atoms with Crippen molar-refractivity contribution in [3.05, 3.63) is 69.2 Å². The molecule has 2 aromatic rings. The zero-order valence-corrected chi connectivity index (χ0v) is 19.6. The number of aliphatic hydroxyl groups excluding tert-OH is 1. The van der Waals surface area contributed by atoms with Crippen molar-refractivity contribution in [1.29, 1.82) is 0 Å². The molecule has 2 aromatic carbocycles. The lowest BCUT2D eigenvalue weighted by Gasteiger charge is -2.26. The number of Topliss-reactive ketones (excluding diaryl/α,β-unsaturated/α-hetero) is 1. The summed E-state index contributed by atoms with van der Waals surface area (Å²) in [4.78, 5) is 27.4. The van der Waals surface area contributed by atoms with E-state index < -0.39 is 17.7 Å². The van der Waals surface area contributed by atoms with Crippen molar-refractivity contribution < 1.29 is 24.2 Å². The maximum Gasteiger partial charge on any atom is 0.295 e. The van der Waals surface area contributed by atoms with E-state index in [4.69, 9.17) is 32.7 Å². The number of aliphatic hydroxyl groups is 1. The monoisotopic (exact) mass is 477 g/mol. The molecule has 0 aliphatic carbocycles. The van der Waals surface area contributed by atoms with Gasteiger partial charge in [0.15, 0.2) is 0 Å². The van der Waals surface area contributed by atoms with E-state index in [1.807, 2.05) is 20.8 Å². The van der Waals surface area contributed by atoms with Gasteiger partial charge >= 0.3 is 0 Å². The van der Waals surface area contributed by atoms with Gasteiger partial charge in [-0.2, -0.15) is 0 Å². The van der Waals surface area contributed by atoms with E-state index >= 15 is 0 Å². The Balaban J connectivity index is 2.12. The first kappa shape index (κ1) is 24.1. The molecule has 6 nitrogen and oxygen atoms in total. The zero-order valence-electron chi connectivity index (χ0n) is 18.1. The third-order valence-corrected chi connectivity index (χ3v) is 5.74. The Hall–Kier alpha value is -2.54. The summed E-state index contributed by atoms with van der Waals surface area (Å²) in [6.07, 6.45) is -0.0252. The summed E-state index contributed by atoms with van der Waals surface area (Å²) in [5.74, 6) is -1.19. The molecule has 1 heterocycles. The van der Waals surface area contributed by atoms with Gasteiger partial charge in [0.25, 0.3) is 11.7 Å². The molecule has 1 fully saturated rings. The minimum absolute atomic E-state index is 0.0217. The van der Waals surface area contributed by atoms with E-state index in [0.29, 0.717) is 28.5 Å². The molecule has 0 aromatic heterocycles. The first-order valence-corrected chi connectivity index (χ1v) is 11.1. The molecule has 1 atom stereocenters. The van der Waals surface area contributed by atoms with Crippen LogP contribution in [0, 0.1) is 0 Å². The molecule has 3 rings (SSSR count). The van der Waals surface area contributed by atoms with Crippen molar-refractivity contribution in [3.63, 3.8) is 0 Å². The Morgan fingerprint density at radius 2 is 1.88 bits per heavy atom. The second-order valence-corrected chi connectivity index (χ2v) is 8.36. The molecule has 1 amide bonds. The number of halogens is 2. The largest absolute Gasteiger partial charge is 0.507 e. The topological polar surface area (TPSA) is 76.1 Å². The van der Waals surface area contributed by atoms with Gasteiger partial charge in [0.05, 0.1) is 41.0 Å². The molecule has 0 spiro atoms. The van der Waals surface area contributed by atoms with Crippen LogP contribution in [0.1, 0.15) is 37.9 Å². The molecular formula is C24H25Cl2NO5. The molecule has 0 bridgehead atoms. The molecule has 1 saturated heterocycles. The molecule has 1 aliphatic heterocycles. The van der Waals surface area contributed by atoms with Gasteiger partial charge in [-0.15, -0.1) is 0 Å². The van der Waals surface area contributed by atoms with Gasteiger partial charge < -0.3 is 19.5 Å². The highest BCUT2D eigenvalue weighted by molar-refractivity contribution is 6.46. The highest BCUT2D eigenvalue weighted by Crippen LogP contribution is 2.40. The third kappa shape index (κ3) is 5.09. The molecule has 0 saturated carbocycles. The minimum Gasteiger partial charge on any atom is -0.507 e. The van der Waals surface area contributed by atoms with Crippen LogP contribution in [0.4, 0.5) is 0 Å². The number of benzene rings is 2. The van der Waals surface area contributed by atoms with Gasteiger partial charge in [0.2, 0.25) is 0 Å². The van der Waals surface area contributed by atoms with Crippen LogP contribution in [0.2, 0.25) is 10.0 Å². The molecule has 1 unspecified atom stereocenters. The van der Waals surface area contributed by atoms with E-state index in [2.05, 4.69) is 0 Å². The maximum absolute atomic E-state index is 13.0. The fraction of sp³-hybridized carbons (Fsp3) is 0.333. The van der Waals surface area contributed by atoms with Crippen LogP contribution < -0.4 is 4.74 Å². The van der Waals surface area contributed by atoms with Crippen molar-refractivity contribution in [3.8, 4) is 5.75 Å². The average Bonchev–Trinajstić information content (AvgIpc) is 3.00. The second kappa shape index (κ2) is 10.4. The predicted octanol–water partition coefficient (Wildman–Crippen LogP) is 5.24. The SMILES string of the molecule is CCOc1cccc(C2/C(=C(/O)c3ccc(Cl)c(Cl)c3)C(=O)C(=O)N2CCOC(C)C)c1. The van der Waals surface area contributed by atoms with Gasteiger partial charge in [-0.3, -0.25) is 9.59 Å². The lowest BCUT2D eigenvalue weighted by Crippen LogP contribution is -2.33. The van der Waals surface area contributed by atoms with Gasteiger partial charge in [0.1, 0.15) is 11.5 Å². The van der Waals surface area contributed by atoms with Gasteiger partial charge in [-0.1, -0.05) is 35.3 Å². The summed E-state index contributed by atoms with van der Waals surface area (Å²) in [6, 6.07) is 10.9. The van der Waals surface area contributed by atoms with E-state index in [1.165, 1.54) is 17.0 Å². The van der Waals surface area contributed by atoms with Crippen LogP contribution in [0.3, 0.4) is 0 Å². The molecule has 8 heteroatoms. The lowest BCUT2D eigenvalue weighted by molar-refractivity contribution is -0.140. The first-order valence-electron chi connectivity index (χ1n) is 10.3. The van der Waals surface area contributed by atoms with Crippen LogP contribution in [0.15, 0.2) is 48.0 Å². The van der Waals surface area contributed by atoms with Crippen LogP contribution in [-0.4, -0.2) is 47.6 Å². The standard InChI is InChI=1S/C24H25Cl2NO5/c1-4-31-17-7-5-6-15(12-17)21-20(22(28)16-8-9-18(25)19(26)13-16)23(29)24(30)27(21)10-11-32-14(2)3/h5-9,12-14,21,28H,4,10-11H2,1-3H3/b22-20-. The summed E-state index contributed by atoms with van der Waals surface area (Å²) in [5.41, 5.74) is 0.912. The Kier molecular flexibility index (Phi) is 7.82. The second-order valence-electron chi connectivity index (χ2n) is 7.55. The maximum atomic E-state index is 13.0. The van der Waals surface area contributed by atoms with E-state index in [-0.39, 0.29) is 35.6 Å². The van der Waals surface area contributed by atoms with Gasteiger partial charge in [-0.25, -0.2) is 0 Å². The van der Waals surface area contributed by atoms with Gasteiger partial charge in [-0.05, 0) is 56.7 Å². The third-order valence-electron chi connectivity index (χ3n) is 5.00. The van der Waals surface area contributed by atoms with Crippen LogP contribution in [0.5, 0.6) is 5.75 Å². The lowest BCUT2D eigenvalue weighted by atomic mass is 9.95. The number of likely N-dealkylation sites (tertiary alicyclic amines) is 1. The number of rotatable bonds is 8. The van der Waals surface area contributed by atoms with E-state index in [1.54, 1.807) is 30.3 Å². The first-order chi connectivity index (χ1) is 15.2. The number of carbonyl (C=O) groups is 2. The number of ketones is 1. The Bertz CT molecular complexity index is 1050. The smallest absolute Gasteiger partial charge is 0.295 e. The van der Waals surface area contributed by atoms with Crippen molar-refractivity contribution in [2.45, 2.75) is 32.9 Å². The highest BCUT2D eigenvalue weighted by atomic mass is 35.5. The Morgan fingerprint density at radius 3 is 2.53 bits per heavy atom. The number of nitrogens with zero attached hydrogens (tertiary/aromatic N) is 1. The summed E-state index contributed by atoms with van der Waals surface area (Å²) in [7, 11) is 0. The summed E-state index contributed by atoms with van der Waals surface area (Å²) in [6.45, 7) is 6.55. The highest BCUT2D eigenvalue weighted by Gasteiger charge is 2.46. The summed E-state index contributed by atoms with van der Waals surface area (Å²) < 4.78 is 11.2. The van der Waals surface area contributed by atoms with Crippen LogP contribution in [0.25, 0.3) is 5.76 Å². The summed E-state index contributed by atoms with van der Waals surface area (Å²) in [5, 5.41) is 11.6. The quantitative estimate of drug-likeness (QED) is 0.319. The van der Waals surface area contributed by atoms with Gasteiger partial charge in [0, 0.05) is 12.1 Å². The van der Waals surface area contributed by atoms with E-state index in [0.717, 1.165) is 0 Å². The minimum atomic E-state index is -0.805. The fourth-order valence-electron chi connectivity index (χ4n) is 3.58. The number of ether oxygens (including phenoxy) is 2. The predicted molar refractivity (Wildman–Crippen MR) is 124 cm³/mol. The Morgan fingerprint density at radius 1 is 1.12 bits per heavy atom. The zero-order chi connectivity index (χ0) is 23.4. The molecule has 1 N–H and O–H groups in total. The number of amides is 1. The number of hydrogen-bond acceptors (Lipinski definition) is 5. The van der Waals surface area contributed by atoms with Crippen molar-refractivity contribution >= 4 is 40.7 Å². The van der Waals surface area contributed by atoms with Crippen LogP contribution >= 0.6 is 23.2 Å². The molecule has 170 valence electrons. The number of carbonyl (C=O) groups excluding carboxylic acids is 2. The van der Waals surface area contributed by atoms with Crippen molar-refractivity contribution in [1.82, 2.24) is 4.90 Å². The molecule has 0 radical (unpaired) electrons. The molecule has 32 heavy (non-hydrogen) atoms. The molecule has 1 aliphatic rings. The fourth-order valence-corrected chi connectivity index (χ4v) is 3.88.